The Morgan fingerprint density at radius 1 is 1.25 bits per heavy atom. The predicted octanol–water partition coefficient (Wildman–Crippen LogP) is 3.49. The summed E-state index contributed by atoms with van der Waals surface area (Å²) in [7, 11) is 0. The number of rotatable bonds is 2. The van der Waals surface area contributed by atoms with Gasteiger partial charge in [-0.25, -0.2) is 0 Å². The molecule has 0 aliphatic carbocycles. The topological polar surface area (TPSA) is 69.6 Å². The molecule has 0 spiro atoms. The number of amides is 1. The molecule has 2 aromatic carbocycles. The van der Waals surface area contributed by atoms with Gasteiger partial charge >= 0.3 is 0 Å². The number of amidine groups is 1. The molecule has 1 saturated heterocycles. The lowest BCUT2D eigenvalue weighted by molar-refractivity contribution is -0.116. The zero-order valence-electron chi connectivity index (χ0n) is 13.4. The molecule has 1 amide bonds. The number of nitrogens with one attached hydrogen (secondary N) is 2. The highest BCUT2D eigenvalue weighted by Crippen LogP contribution is 2.31. The largest absolute Gasteiger partial charge is 0.354 e. The van der Waals surface area contributed by atoms with E-state index in [0.717, 1.165) is 16.6 Å². The summed E-state index contributed by atoms with van der Waals surface area (Å²) < 4.78 is 0. The number of benzene rings is 2. The van der Waals surface area contributed by atoms with E-state index < -0.39 is 0 Å². The Labute approximate surface area is 143 Å². The number of carbonyl (C=O) groups excluding carboxylic acids is 1. The van der Waals surface area contributed by atoms with E-state index in [9.17, 15) is 4.79 Å². The highest BCUT2D eigenvalue weighted by molar-refractivity contribution is 8.15. The predicted molar refractivity (Wildman–Crippen MR) is 101 cm³/mol. The average molecular weight is 336 g/mol. The van der Waals surface area contributed by atoms with E-state index in [1.165, 1.54) is 33.7 Å². The molecule has 0 saturated carbocycles. The first-order valence-corrected chi connectivity index (χ1v) is 8.66. The summed E-state index contributed by atoms with van der Waals surface area (Å²) >= 11 is 1.37. The molecule has 2 N–H and O–H groups in total. The van der Waals surface area contributed by atoms with Crippen LogP contribution in [0.4, 0.5) is 0 Å². The van der Waals surface area contributed by atoms with Crippen LogP contribution in [0.3, 0.4) is 0 Å². The number of H-pyrrole nitrogens is 1. The van der Waals surface area contributed by atoms with E-state index in [2.05, 4.69) is 58.6 Å². The van der Waals surface area contributed by atoms with Gasteiger partial charge in [-0.2, -0.15) is 5.10 Å². The van der Waals surface area contributed by atoms with E-state index in [-0.39, 0.29) is 5.91 Å². The van der Waals surface area contributed by atoms with Gasteiger partial charge in [-0.3, -0.25) is 4.79 Å². The smallest absolute Gasteiger partial charge is 0.236 e. The highest BCUT2D eigenvalue weighted by atomic mass is 32.2. The van der Waals surface area contributed by atoms with Crippen LogP contribution in [0.25, 0.3) is 21.8 Å². The summed E-state index contributed by atoms with van der Waals surface area (Å²) in [5.74, 6) is 0.384. The second-order valence-electron chi connectivity index (χ2n) is 5.81. The molecule has 0 radical (unpaired) electrons. The minimum absolute atomic E-state index is 0.0267. The van der Waals surface area contributed by atoms with Crippen molar-refractivity contribution >= 4 is 50.9 Å². The zero-order chi connectivity index (χ0) is 16.7. The summed E-state index contributed by atoms with van der Waals surface area (Å²) in [4.78, 5) is 14.7. The minimum atomic E-state index is -0.0267. The highest BCUT2D eigenvalue weighted by Gasteiger charge is 2.16. The van der Waals surface area contributed by atoms with Crippen molar-refractivity contribution in [3.05, 3.63) is 47.0 Å². The molecule has 1 fully saturated rings. The number of hydrogen-bond donors (Lipinski definition) is 2. The number of hydrogen-bond acceptors (Lipinski definition) is 4. The third-order valence-electron chi connectivity index (χ3n) is 4.21. The van der Waals surface area contributed by atoms with Gasteiger partial charge in [0.15, 0.2) is 5.17 Å². The van der Waals surface area contributed by atoms with Gasteiger partial charge in [-0.15, -0.1) is 5.10 Å². The van der Waals surface area contributed by atoms with Gasteiger partial charge in [0.25, 0.3) is 0 Å². The summed E-state index contributed by atoms with van der Waals surface area (Å²) in [5, 5.41) is 13.9. The molecular formula is C18H16N4OS. The molecule has 120 valence electrons. The molecule has 5 nitrogen and oxygen atoms in total. The molecule has 1 aliphatic heterocycles. The van der Waals surface area contributed by atoms with Crippen LogP contribution >= 0.6 is 11.8 Å². The maximum Gasteiger partial charge on any atom is 0.236 e. The van der Waals surface area contributed by atoms with E-state index in [1.54, 1.807) is 6.21 Å². The van der Waals surface area contributed by atoms with Crippen molar-refractivity contribution in [1.29, 1.82) is 0 Å². The lowest BCUT2D eigenvalue weighted by Gasteiger charge is -2.05. The van der Waals surface area contributed by atoms with Crippen molar-refractivity contribution < 1.29 is 4.79 Å². The summed E-state index contributed by atoms with van der Waals surface area (Å²) in [5.41, 5.74) is 5.67. The van der Waals surface area contributed by atoms with Gasteiger partial charge in [0, 0.05) is 21.8 Å². The minimum Gasteiger partial charge on any atom is -0.354 e. The molecular weight excluding hydrogens is 320 g/mol. The second-order valence-corrected chi connectivity index (χ2v) is 6.78. The first-order valence-electron chi connectivity index (χ1n) is 7.68. The number of aromatic amines is 1. The number of fused-ring (bicyclic) bond motifs is 3. The zero-order valence-corrected chi connectivity index (χ0v) is 14.2. The third kappa shape index (κ3) is 2.49. The van der Waals surface area contributed by atoms with Gasteiger partial charge in [-0.1, -0.05) is 30.0 Å². The molecule has 0 bridgehead atoms. The van der Waals surface area contributed by atoms with Gasteiger partial charge in [0.05, 0.1) is 12.0 Å². The van der Waals surface area contributed by atoms with Crippen molar-refractivity contribution in [1.82, 2.24) is 10.3 Å². The molecule has 6 heteroatoms. The Bertz CT molecular complexity index is 1030. The van der Waals surface area contributed by atoms with Crippen molar-refractivity contribution in [3.8, 4) is 0 Å². The summed E-state index contributed by atoms with van der Waals surface area (Å²) in [6.07, 6.45) is 1.75. The van der Waals surface area contributed by atoms with Crippen LogP contribution in [-0.2, 0) is 4.79 Å². The lowest BCUT2D eigenvalue weighted by atomic mass is 9.99. The Kier molecular flexibility index (Phi) is 3.61. The Morgan fingerprint density at radius 3 is 2.88 bits per heavy atom. The maximum atomic E-state index is 11.2. The number of aromatic nitrogens is 1. The van der Waals surface area contributed by atoms with Gasteiger partial charge in [0.1, 0.15) is 0 Å². The standard InChI is InChI=1S/C18H16N4OS/c1-10-7-12(8-19-22-18-21-15(23)9-24-18)11(2)16-13-5-3-4-6-14(13)20-17(10)16/h3-8,20H,9H2,1-2H3,(H,21,22,23). The molecule has 3 aromatic rings. The normalized spacial score (nSPS) is 16.8. The molecule has 1 aromatic heterocycles. The van der Waals surface area contributed by atoms with E-state index in [4.69, 9.17) is 0 Å². The fourth-order valence-electron chi connectivity index (χ4n) is 3.04. The second kappa shape index (κ2) is 5.79. The summed E-state index contributed by atoms with van der Waals surface area (Å²) in [6, 6.07) is 10.4. The molecule has 24 heavy (non-hydrogen) atoms. The number of carbonyl (C=O) groups is 1. The number of thioether (sulfide) groups is 1. The Hall–Kier alpha value is -2.60. The lowest BCUT2D eigenvalue weighted by Crippen LogP contribution is -2.19. The number of para-hydroxylation sites is 1. The van der Waals surface area contributed by atoms with Gasteiger partial charge in [0.2, 0.25) is 5.91 Å². The maximum absolute atomic E-state index is 11.2. The fourth-order valence-corrected chi connectivity index (χ4v) is 3.67. The van der Waals surface area contributed by atoms with Crippen LogP contribution in [0.1, 0.15) is 16.7 Å². The van der Waals surface area contributed by atoms with Crippen molar-refractivity contribution in [2.75, 3.05) is 5.75 Å². The molecule has 1 aliphatic rings. The van der Waals surface area contributed by atoms with Crippen molar-refractivity contribution in [2.45, 2.75) is 13.8 Å². The first kappa shape index (κ1) is 15.0. The first-order chi connectivity index (χ1) is 11.6. The molecule has 4 rings (SSSR count). The number of nitrogens with zero attached hydrogens (tertiary/aromatic N) is 2. The third-order valence-corrected chi connectivity index (χ3v) is 5.08. The van der Waals surface area contributed by atoms with E-state index in [0.29, 0.717) is 10.9 Å². The van der Waals surface area contributed by atoms with Crippen LogP contribution in [0.5, 0.6) is 0 Å². The van der Waals surface area contributed by atoms with Crippen LogP contribution in [0.15, 0.2) is 40.5 Å². The van der Waals surface area contributed by atoms with Gasteiger partial charge in [-0.05, 0) is 42.7 Å². The SMILES string of the molecule is Cc1cc(C=NN=C2NC(=O)CS2)c(C)c2c1[nH]c1ccccc12. The molecule has 2 heterocycles. The fraction of sp³-hybridized carbons (Fsp3) is 0.167. The molecule has 0 unspecified atom stereocenters. The summed E-state index contributed by atoms with van der Waals surface area (Å²) in [6.45, 7) is 4.19. The van der Waals surface area contributed by atoms with E-state index >= 15 is 0 Å². The number of aryl methyl sites for hydroxylation is 2. The Balaban J connectivity index is 1.80. The quantitative estimate of drug-likeness (QED) is 0.555. The van der Waals surface area contributed by atoms with Crippen molar-refractivity contribution in [3.63, 3.8) is 0 Å². The van der Waals surface area contributed by atoms with Crippen molar-refractivity contribution in [2.24, 2.45) is 10.2 Å². The average Bonchev–Trinajstić information content (AvgIpc) is 3.16. The van der Waals surface area contributed by atoms with Crippen LogP contribution < -0.4 is 5.32 Å². The molecule has 0 atom stereocenters. The van der Waals surface area contributed by atoms with Crippen LogP contribution in [-0.4, -0.2) is 28.0 Å². The van der Waals surface area contributed by atoms with Crippen LogP contribution in [0, 0.1) is 13.8 Å². The van der Waals surface area contributed by atoms with E-state index in [1.807, 2.05) is 6.07 Å². The monoisotopic (exact) mass is 336 g/mol. The van der Waals surface area contributed by atoms with Gasteiger partial charge < -0.3 is 10.3 Å². The van der Waals surface area contributed by atoms with Crippen LogP contribution in [0.2, 0.25) is 0 Å². The Morgan fingerprint density at radius 2 is 2.08 bits per heavy atom.